The summed E-state index contributed by atoms with van der Waals surface area (Å²) < 4.78 is 0. The van der Waals surface area contributed by atoms with Crippen LogP contribution in [-0.2, 0) is 4.79 Å². The van der Waals surface area contributed by atoms with Gasteiger partial charge in [0, 0.05) is 25.7 Å². The summed E-state index contributed by atoms with van der Waals surface area (Å²) in [5.74, 6) is -1.41. The number of hydrogen-bond donors (Lipinski definition) is 1. The molecule has 0 unspecified atom stereocenters. The Kier molecular flexibility index (Phi) is 3.72. The summed E-state index contributed by atoms with van der Waals surface area (Å²) in [5, 5.41) is 8.86. The van der Waals surface area contributed by atoms with Crippen LogP contribution in [0, 0.1) is 0 Å². The fourth-order valence-corrected chi connectivity index (χ4v) is 2.48. The lowest BCUT2D eigenvalue weighted by atomic mass is 9.96. The van der Waals surface area contributed by atoms with Gasteiger partial charge in [0.05, 0.1) is 5.56 Å². The second kappa shape index (κ2) is 5.20. The molecule has 21 heavy (non-hydrogen) atoms. The zero-order valence-electron chi connectivity index (χ0n) is 12.3. The Morgan fingerprint density at radius 2 is 1.62 bits per heavy atom. The number of nitrogens with zero attached hydrogens (tertiary/aromatic N) is 2. The number of carbonyl (C=O) groups excluding carboxylic acids is 2. The molecule has 1 N–H and O–H groups in total. The molecule has 1 aromatic rings. The number of amides is 2. The third-order valence-electron chi connectivity index (χ3n) is 3.83. The van der Waals surface area contributed by atoms with Crippen LogP contribution >= 0.6 is 0 Å². The van der Waals surface area contributed by atoms with Crippen molar-refractivity contribution in [1.82, 2.24) is 9.80 Å². The topological polar surface area (TPSA) is 77.9 Å². The number of likely N-dealkylation sites (N-methyl/N-ethyl adjacent to an activating group) is 1. The summed E-state index contributed by atoms with van der Waals surface area (Å²) in [5.41, 5.74) is -0.402. The maximum Gasteiger partial charge on any atom is 0.335 e. The first-order chi connectivity index (χ1) is 9.75. The van der Waals surface area contributed by atoms with Gasteiger partial charge in [0.25, 0.3) is 5.91 Å². The molecule has 0 aliphatic carbocycles. The average Bonchev–Trinajstić information content (AvgIpc) is 2.44. The largest absolute Gasteiger partial charge is 0.478 e. The first-order valence-corrected chi connectivity index (χ1v) is 6.66. The minimum absolute atomic E-state index is 0.107. The number of carbonyl (C=O) groups is 3. The van der Waals surface area contributed by atoms with E-state index in [1.54, 1.807) is 25.8 Å². The Morgan fingerprint density at radius 3 is 2.14 bits per heavy atom. The van der Waals surface area contributed by atoms with E-state index < -0.39 is 11.5 Å². The van der Waals surface area contributed by atoms with Crippen molar-refractivity contribution in [2.24, 2.45) is 0 Å². The van der Waals surface area contributed by atoms with Crippen molar-refractivity contribution >= 4 is 17.8 Å². The van der Waals surface area contributed by atoms with E-state index in [9.17, 15) is 14.4 Å². The van der Waals surface area contributed by atoms with Crippen molar-refractivity contribution in [1.29, 1.82) is 0 Å². The molecule has 1 saturated heterocycles. The van der Waals surface area contributed by atoms with Gasteiger partial charge in [-0.3, -0.25) is 9.59 Å². The van der Waals surface area contributed by atoms with Crippen molar-refractivity contribution in [3.05, 3.63) is 35.4 Å². The maximum absolute atomic E-state index is 12.6. The molecule has 6 heteroatoms. The molecule has 2 rings (SSSR count). The smallest absolute Gasteiger partial charge is 0.335 e. The van der Waals surface area contributed by atoms with Gasteiger partial charge in [0.15, 0.2) is 0 Å². The minimum atomic E-state index is -1.04. The molecule has 1 aliphatic rings. The second-order valence-corrected chi connectivity index (χ2v) is 5.63. The van der Waals surface area contributed by atoms with E-state index >= 15 is 0 Å². The number of aromatic carboxylic acids is 1. The van der Waals surface area contributed by atoms with E-state index in [0.29, 0.717) is 18.7 Å². The van der Waals surface area contributed by atoms with E-state index in [0.717, 1.165) is 0 Å². The van der Waals surface area contributed by atoms with Crippen LogP contribution in [0.2, 0.25) is 0 Å². The molecular weight excluding hydrogens is 272 g/mol. The SMILES string of the molecule is CN1CCN(C(=O)c2ccc(C(=O)O)cc2)C(C)(C)C1=O. The maximum atomic E-state index is 12.6. The highest BCUT2D eigenvalue weighted by Gasteiger charge is 2.43. The number of rotatable bonds is 2. The Balaban J connectivity index is 2.27. The molecule has 2 amide bonds. The highest BCUT2D eigenvalue weighted by molar-refractivity contribution is 6.00. The number of benzene rings is 1. The highest BCUT2D eigenvalue weighted by Crippen LogP contribution is 2.24. The Labute approximate surface area is 123 Å². The molecule has 1 aliphatic heterocycles. The molecule has 112 valence electrons. The van der Waals surface area contributed by atoms with Crippen LogP contribution in [0.25, 0.3) is 0 Å². The first kappa shape index (κ1) is 15.0. The Hall–Kier alpha value is -2.37. The van der Waals surface area contributed by atoms with Gasteiger partial charge in [-0.15, -0.1) is 0 Å². The molecule has 0 radical (unpaired) electrons. The normalized spacial score (nSPS) is 17.8. The summed E-state index contributed by atoms with van der Waals surface area (Å²) in [6, 6.07) is 5.73. The van der Waals surface area contributed by atoms with Crippen LogP contribution in [0.5, 0.6) is 0 Å². The number of piperazine rings is 1. The average molecular weight is 290 g/mol. The fraction of sp³-hybridized carbons (Fsp3) is 0.400. The lowest BCUT2D eigenvalue weighted by molar-refractivity contribution is -0.144. The van der Waals surface area contributed by atoms with Gasteiger partial charge in [-0.05, 0) is 38.1 Å². The predicted molar refractivity (Wildman–Crippen MR) is 76.2 cm³/mol. The quantitative estimate of drug-likeness (QED) is 0.884. The summed E-state index contributed by atoms with van der Waals surface area (Å²) in [6.45, 7) is 4.37. The monoisotopic (exact) mass is 290 g/mol. The summed E-state index contributed by atoms with van der Waals surface area (Å²) >= 11 is 0. The van der Waals surface area contributed by atoms with Crippen LogP contribution < -0.4 is 0 Å². The minimum Gasteiger partial charge on any atom is -0.478 e. The summed E-state index contributed by atoms with van der Waals surface area (Å²) in [7, 11) is 1.72. The van der Waals surface area contributed by atoms with Gasteiger partial charge < -0.3 is 14.9 Å². The van der Waals surface area contributed by atoms with E-state index in [4.69, 9.17) is 5.11 Å². The van der Waals surface area contributed by atoms with Crippen molar-refractivity contribution in [3.8, 4) is 0 Å². The van der Waals surface area contributed by atoms with Crippen molar-refractivity contribution in [2.75, 3.05) is 20.1 Å². The molecule has 0 aromatic heterocycles. The van der Waals surface area contributed by atoms with E-state index in [1.165, 1.54) is 29.2 Å². The van der Waals surface area contributed by atoms with E-state index in [2.05, 4.69) is 0 Å². The highest BCUT2D eigenvalue weighted by atomic mass is 16.4. The summed E-state index contributed by atoms with van der Waals surface area (Å²) in [4.78, 5) is 38.7. The van der Waals surface area contributed by atoms with Gasteiger partial charge >= 0.3 is 5.97 Å². The first-order valence-electron chi connectivity index (χ1n) is 6.66. The second-order valence-electron chi connectivity index (χ2n) is 5.63. The zero-order chi connectivity index (χ0) is 15.8. The third kappa shape index (κ3) is 2.61. The van der Waals surface area contributed by atoms with Gasteiger partial charge in [0.2, 0.25) is 5.91 Å². The van der Waals surface area contributed by atoms with Crippen molar-refractivity contribution in [3.63, 3.8) is 0 Å². The number of hydrogen-bond acceptors (Lipinski definition) is 3. The van der Waals surface area contributed by atoms with Gasteiger partial charge in [-0.2, -0.15) is 0 Å². The lowest BCUT2D eigenvalue weighted by Crippen LogP contribution is -2.63. The molecule has 0 saturated carbocycles. The number of carboxylic acids is 1. The van der Waals surface area contributed by atoms with E-state index in [1.807, 2.05) is 0 Å². The molecule has 1 fully saturated rings. The van der Waals surface area contributed by atoms with Crippen LogP contribution in [0.4, 0.5) is 0 Å². The molecule has 0 bridgehead atoms. The van der Waals surface area contributed by atoms with Gasteiger partial charge in [-0.1, -0.05) is 0 Å². The zero-order valence-corrected chi connectivity index (χ0v) is 12.3. The van der Waals surface area contributed by atoms with Crippen molar-refractivity contribution in [2.45, 2.75) is 19.4 Å². The molecule has 0 atom stereocenters. The Morgan fingerprint density at radius 1 is 1.10 bits per heavy atom. The predicted octanol–water partition coefficient (Wildman–Crippen LogP) is 1.08. The Bertz CT molecular complexity index is 592. The molecule has 1 heterocycles. The third-order valence-corrected chi connectivity index (χ3v) is 3.83. The lowest BCUT2D eigenvalue weighted by Gasteiger charge is -2.44. The van der Waals surface area contributed by atoms with Crippen LogP contribution in [0.15, 0.2) is 24.3 Å². The fourth-order valence-electron chi connectivity index (χ4n) is 2.48. The molecule has 0 spiro atoms. The summed E-state index contributed by atoms with van der Waals surface area (Å²) in [6.07, 6.45) is 0. The number of carboxylic acid groups (broad SMARTS) is 1. The molecule has 6 nitrogen and oxygen atoms in total. The van der Waals surface area contributed by atoms with Gasteiger partial charge in [0.1, 0.15) is 5.54 Å². The van der Waals surface area contributed by atoms with Crippen LogP contribution in [0.1, 0.15) is 34.6 Å². The van der Waals surface area contributed by atoms with Crippen LogP contribution in [-0.4, -0.2) is 58.4 Å². The standard InChI is InChI=1S/C15H18N2O4/c1-15(2)14(21)16(3)8-9-17(15)12(18)10-4-6-11(7-5-10)13(19)20/h4-7H,8-9H2,1-3H3,(H,19,20). The van der Waals surface area contributed by atoms with Gasteiger partial charge in [-0.25, -0.2) is 4.79 Å². The molecule has 1 aromatic carbocycles. The molecular formula is C15H18N2O4. The van der Waals surface area contributed by atoms with Crippen molar-refractivity contribution < 1.29 is 19.5 Å². The van der Waals surface area contributed by atoms with Crippen LogP contribution in [0.3, 0.4) is 0 Å². The van der Waals surface area contributed by atoms with E-state index in [-0.39, 0.29) is 17.4 Å².